The van der Waals surface area contributed by atoms with Gasteiger partial charge in [0.2, 0.25) is 0 Å². The Bertz CT molecular complexity index is 478. The fourth-order valence-electron chi connectivity index (χ4n) is 3.15. The number of rotatable bonds is 1. The Hall–Kier alpha value is -1.23. The Kier molecular flexibility index (Phi) is 3.39. The van der Waals surface area contributed by atoms with Crippen molar-refractivity contribution in [2.75, 3.05) is 31.1 Å². The molecule has 0 spiro atoms. The number of fused-ring (bicyclic) bond motifs is 1. The van der Waals surface area contributed by atoms with E-state index in [1.165, 1.54) is 12.8 Å². The molecule has 1 unspecified atom stereocenters. The first-order valence-electron chi connectivity index (χ1n) is 6.78. The molecule has 0 aromatic heterocycles. The van der Waals surface area contributed by atoms with Crippen LogP contribution in [0, 0.1) is 17.5 Å². The van der Waals surface area contributed by atoms with Crippen LogP contribution in [0.3, 0.4) is 0 Å². The molecule has 2 aliphatic heterocycles. The van der Waals surface area contributed by atoms with Gasteiger partial charge < -0.3 is 4.90 Å². The Labute approximate surface area is 110 Å². The number of hydrogen-bond acceptors (Lipinski definition) is 2. The second kappa shape index (κ2) is 5.04. The topological polar surface area (TPSA) is 6.48 Å². The summed E-state index contributed by atoms with van der Waals surface area (Å²) in [5.41, 5.74) is 0.0581. The number of nitrogens with zero attached hydrogens (tertiary/aromatic N) is 2. The molecule has 1 atom stereocenters. The first-order valence-corrected chi connectivity index (χ1v) is 6.78. The summed E-state index contributed by atoms with van der Waals surface area (Å²) in [7, 11) is 0. The Morgan fingerprint density at radius 3 is 2.68 bits per heavy atom. The summed E-state index contributed by atoms with van der Waals surface area (Å²) < 4.78 is 40.3. The molecule has 0 radical (unpaired) electrons. The maximum atomic E-state index is 13.8. The van der Waals surface area contributed by atoms with E-state index >= 15 is 0 Å². The summed E-state index contributed by atoms with van der Waals surface area (Å²) in [6, 6.07) is 2.07. The Morgan fingerprint density at radius 2 is 1.84 bits per heavy atom. The minimum atomic E-state index is -1.11. The standard InChI is InChI=1S/C14H17F3N2/c15-10-7-12(16)14(17)13(8-10)19-6-5-18-4-2-1-3-11(18)9-19/h7-8,11H,1-6,9H2. The van der Waals surface area contributed by atoms with Crippen LogP contribution < -0.4 is 4.90 Å². The highest BCUT2D eigenvalue weighted by molar-refractivity contribution is 5.49. The molecule has 104 valence electrons. The second-order valence-corrected chi connectivity index (χ2v) is 5.35. The smallest absolute Gasteiger partial charge is 0.182 e. The summed E-state index contributed by atoms with van der Waals surface area (Å²) in [4.78, 5) is 4.17. The zero-order valence-electron chi connectivity index (χ0n) is 10.7. The van der Waals surface area contributed by atoms with Crippen LogP contribution in [0.4, 0.5) is 18.9 Å². The van der Waals surface area contributed by atoms with Gasteiger partial charge in [0.15, 0.2) is 11.6 Å². The van der Waals surface area contributed by atoms with Gasteiger partial charge in [-0.25, -0.2) is 13.2 Å². The van der Waals surface area contributed by atoms with Crippen molar-refractivity contribution < 1.29 is 13.2 Å². The Morgan fingerprint density at radius 1 is 1.00 bits per heavy atom. The number of halogens is 3. The zero-order valence-corrected chi connectivity index (χ0v) is 10.7. The molecule has 1 aromatic rings. The van der Waals surface area contributed by atoms with Gasteiger partial charge >= 0.3 is 0 Å². The highest BCUT2D eigenvalue weighted by atomic mass is 19.2. The molecule has 0 N–H and O–H groups in total. The fraction of sp³-hybridized carbons (Fsp3) is 0.571. The molecule has 2 nitrogen and oxygen atoms in total. The lowest BCUT2D eigenvalue weighted by atomic mass is 9.99. The van der Waals surface area contributed by atoms with Crippen LogP contribution in [0.25, 0.3) is 0 Å². The van der Waals surface area contributed by atoms with Crippen LogP contribution in [0.15, 0.2) is 12.1 Å². The van der Waals surface area contributed by atoms with E-state index in [9.17, 15) is 13.2 Å². The van der Waals surface area contributed by atoms with Crippen molar-refractivity contribution in [2.24, 2.45) is 0 Å². The predicted molar refractivity (Wildman–Crippen MR) is 67.7 cm³/mol. The van der Waals surface area contributed by atoms with Gasteiger partial charge in [0, 0.05) is 37.8 Å². The molecule has 1 aromatic carbocycles. The van der Waals surface area contributed by atoms with E-state index in [1.54, 1.807) is 4.90 Å². The van der Waals surface area contributed by atoms with Crippen molar-refractivity contribution in [3.8, 4) is 0 Å². The number of anilines is 1. The highest BCUT2D eigenvalue weighted by Gasteiger charge is 2.30. The minimum Gasteiger partial charge on any atom is -0.366 e. The molecule has 0 saturated carbocycles. The molecule has 2 saturated heterocycles. The van der Waals surface area contributed by atoms with Crippen molar-refractivity contribution in [1.82, 2.24) is 4.90 Å². The number of piperidine rings is 1. The normalized spacial score (nSPS) is 24.4. The summed E-state index contributed by atoms with van der Waals surface area (Å²) >= 11 is 0. The summed E-state index contributed by atoms with van der Waals surface area (Å²) in [5.74, 6) is -2.77. The second-order valence-electron chi connectivity index (χ2n) is 5.35. The van der Waals surface area contributed by atoms with E-state index in [0.29, 0.717) is 25.2 Å². The van der Waals surface area contributed by atoms with Gasteiger partial charge in [-0.15, -0.1) is 0 Å². The van der Waals surface area contributed by atoms with Crippen LogP contribution in [0.5, 0.6) is 0 Å². The molecular formula is C14H17F3N2. The van der Waals surface area contributed by atoms with Gasteiger partial charge in [-0.05, 0) is 19.4 Å². The van der Waals surface area contributed by atoms with E-state index in [2.05, 4.69) is 4.90 Å². The molecule has 5 heteroatoms. The van der Waals surface area contributed by atoms with Crippen LogP contribution >= 0.6 is 0 Å². The van der Waals surface area contributed by atoms with Gasteiger partial charge in [-0.1, -0.05) is 6.42 Å². The summed E-state index contributed by atoms with van der Waals surface area (Å²) in [6.45, 7) is 3.19. The first-order chi connectivity index (χ1) is 9.15. The molecule has 2 fully saturated rings. The predicted octanol–water partition coefficient (Wildman–Crippen LogP) is 2.78. The average molecular weight is 270 g/mol. The van der Waals surface area contributed by atoms with Gasteiger partial charge in [0.05, 0.1) is 5.69 Å². The average Bonchev–Trinajstić information content (AvgIpc) is 2.42. The van der Waals surface area contributed by atoms with E-state index in [1.807, 2.05) is 0 Å². The molecule has 2 heterocycles. The third-order valence-electron chi connectivity index (χ3n) is 4.15. The van der Waals surface area contributed by atoms with Crippen molar-refractivity contribution >= 4 is 5.69 Å². The molecular weight excluding hydrogens is 253 g/mol. The quantitative estimate of drug-likeness (QED) is 0.724. The van der Waals surface area contributed by atoms with Gasteiger partial charge in [-0.2, -0.15) is 0 Å². The lowest BCUT2D eigenvalue weighted by Crippen LogP contribution is -2.55. The van der Waals surface area contributed by atoms with Crippen LogP contribution in [0.1, 0.15) is 19.3 Å². The van der Waals surface area contributed by atoms with Gasteiger partial charge in [0.1, 0.15) is 5.82 Å². The SMILES string of the molecule is Fc1cc(F)c(F)c(N2CCN3CCCCC3C2)c1. The van der Waals surface area contributed by atoms with Crippen LogP contribution in [-0.4, -0.2) is 37.1 Å². The molecule has 0 amide bonds. The molecule has 0 aliphatic carbocycles. The number of hydrogen-bond donors (Lipinski definition) is 0. The third-order valence-corrected chi connectivity index (χ3v) is 4.15. The van der Waals surface area contributed by atoms with Crippen LogP contribution in [-0.2, 0) is 0 Å². The van der Waals surface area contributed by atoms with Crippen molar-refractivity contribution in [1.29, 1.82) is 0 Å². The largest absolute Gasteiger partial charge is 0.366 e. The zero-order chi connectivity index (χ0) is 13.4. The fourth-order valence-corrected chi connectivity index (χ4v) is 3.15. The first kappa shape index (κ1) is 12.8. The van der Waals surface area contributed by atoms with Crippen molar-refractivity contribution in [3.05, 3.63) is 29.6 Å². The maximum Gasteiger partial charge on any atom is 0.182 e. The van der Waals surface area contributed by atoms with E-state index < -0.39 is 17.5 Å². The van der Waals surface area contributed by atoms with E-state index in [4.69, 9.17) is 0 Å². The summed E-state index contributed by atoms with van der Waals surface area (Å²) in [5, 5.41) is 0. The monoisotopic (exact) mass is 270 g/mol. The van der Waals surface area contributed by atoms with Crippen molar-refractivity contribution in [3.63, 3.8) is 0 Å². The van der Waals surface area contributed by atoms with E-state index in [-0.39, 0.29) is 5.69 Å². The molecule has 3 rings (SSSR count). The van der Waals surface area contributed by atoms with E-state index in [0.717, 1.165) is 25.6 Å². The maximum absolute atomic E-state index is 13.8. The number of piperazine rings is 1. The molecule has 0 bridgehead atoms. The Balaban J connectivity index is 1.83. The van der Waals surface area contributed by atoms with Crippen LogP contribution in [0.2, 0.25) is 0 Å². The van der Waals surface area contributed by atoms with Gasteiger partial charge in [-0.3, -0.25) is 4.90 Å². The van der Waals surface area contributed by atoms with Gasteiger partial charge in [0.25, 0.3) is 0 Å². The third kappa shape index (κ3) is 2.43. The highest BCUT2D eigenvalue weighted by Crippen LogP contribution is 2.28. The van der Waals surface area contributed by atoms with Crippen molar-refractivity contribution in [2.45, 2.75) is 25.3 Å². The molecule has 19 heavy (non-hydrogen) atoms. The molecule has 2 aliphatic rings. The lowest BCUT2D eigenvalue weighted by Gasteiger charge is -2.44. The lowest BCUT2D eigenvalue weighted by molar-refractivity contribution is 0.133. The summed E-state index contributed by atoms with van der Waals surface area (Å²) in [6.07, 6.45) is 3.46. The minimum absolute atomic E-state index is 0.0581. The number of benzene rings is 1.